The normalized spacial score (nSPS) is 12.6. The lowest BCUT2D eigenvalue weighted by molar-refractivity contribution is -0.148. The van der Waals surface area contributed by atoms with Gasteiger partial charge in [0.05, 0.1) is 18.4 Å². The van der Waals surface area contributed by atoms with E-state index in [1.54, 1.807) is 6.92 Å². The van der Waals surface area contributed by atoms with E-state index in [9.17, 15) is 14.4 Å². The highest BCUT2D eigenvalue weighted by molar-refractivity contribution is 5.80. The van der Waals surface area contributed by atoms with Gasteiger partial charge in [-0.2, -0.15) is 0 Å². The van der Waals surface area contributed by atoms with Gasteiger partial charge in [0.15, 0.2) is 0 Å². The predicted octanol–water partition coefficient (Wildman–Crippen LogP) is 6.53. The minimum absolute atomic E-state index is 0.0278. The van der Waals surface area contributed by atoms with Gasteiger partial charge in [-0.05, 0) is 57.8 Å². The molecule has 12 heteroatoms. The number of carbonyl (C=O) groups excluding carboxylic acids is 2. The van der Waals surface area contributed by atoms with Crippen molar-refractivity contribution in [3.05, 3.63) is 0 Å². The third-order valence-corrected chi connectivity index (χ3v) is 7.57. The fourth-order valence-electron chi connectivity index (χ4n) is 3.49. The number of ether oxygens (including phenoxy) is 7. The van der Waals surface area contributed by atoms with E-state index in [4.69, 9.17) is 43.4 Å². The number of carboxylic acid groups (broad SMARTS) is 1. The Morgan fingerprint density at radius 1 is 0.460 bits per heavy atom. The van der Waals surface area contributed by atoms with Gasteiger partial charge in [0.25, 0.3) is 0 Å². The van der Waals surface area contributed by atoms with Crippen LogP contribution in [0.25, 0.3) is 0 Å². The van der Waals surface area contributed by atoms with Crippen molar-refractivity contribution in [3.8, 4) is 0 Å². The Morgan fingerprint density at radius 2 is 0.760 bits per heavy atom. The van der Waals surface area contributed by atoms with Gasteiger partial charge in [-0.25, -0.2) is 0 Å². The van der Waals surface area contributed by atoms with Gasteiger partial charge in [0.2, 0.25) is 0 Å². The maximum Gasteiger partial charge on any atom is 0.308 e. The summed E-state index contributed by atoms with van der Waals surface area (Å²) in [6.07, 6.45) is 9.01. The second-order valence-corrected chi connectivity index (χ2v) is 12.1. The summed E-state index contributed by atoms with van der Waals surface area (Å²) in [7, 11) is 0. The molecule has 0 aromatic carbocycles. The molecule has 0 aromatic rings. The second kappa shape index (κ2) is 43.5. The van der Waals surface area contributed by atoms with Crippen LogP contribution in [0.1, 0.15) is 119 Å². The van der Waals surface area contributed by atoms with Crippen LogP contribution in [0, 0.1) is 17.8 Å². The zero-order valence-electron chi connectivity index (χ0n) is 32.9. The molecule has 0 aliphatic carbocycles. The van der Waals surface area contributed by atoms with Crippen molar-refractivity contribution in [2.45, 2.75) is 119 Å². The average molecular weight is 725 g/mol. The lowest BCUT2D eigenvalue weighted by Crippen LogP contribution is -2.15. The van der Waals surface area contributed by atoms with Crippen LogP contribution in [0.2, 0.25) is 0 Å². The number of esters is 1. The Balaban J connectivity index is -0.00000121. The molecule has 0 aromatic heterocycles. The highest BCUT2D eigenvalue weighted by Crippen LogP contribution is 2.04. The molecule has 0 spiro atoms. The second-order valence-electron chi connectivity index (χ2n) is 12.1. The van der Waals surface area contributed by atoms with E-state index in [-0.39, 0.29) is 30.3 Å². The molecule has 0 aliphatic rings. The van der Waals surface area contributed by atoms with Gasteiger partial charge in [-0.1, -0.05) is 48.5 Å². The zero-order chi connectivity index (χ0) is 38.1. The Labute approximate surface area is 304 Å². The lowest BCUT2D eigenvalue weighted by atomic mass is 10.0. The summed E-state index contributed by atoms with van der Waals surface area (Å²) in [6.45, 7) is 22.1. The molecule has 0 bridgehead atoms. The molecule has 0 radical (unpaired) electrons. The molecular formula is C38H76O12. The molecule has 300 valence electrons. The molecule has 0 amide bonds. The Bertz CT molecular complexity index is 722. The van der Waals surface area contributed by atoms with E-state index in [1.165, 1.54) is 0 Å². The third kappa shape index (κ3) is 42.5. The number of ketones is 1. The van der Waals surface area contributed by atoms with Crippen LogP contribution in [-0.4, -0.2) is 120 Å². The first-order valence-corrected chi connectivity index (χ1v) is 19.1. The largest absolute Gasteiger partial charge is 0.481 e. The number of Topliss-reactive ketones (excluding diaryl/α,β-unsaturated/α-hetero) is 1. The van der Waals surface area contributed by atoms with Crippen molar-refractivity contribution in [1.82, 2.24) is 0 Å². The number of aliphatic hydroxyl groups is 1. The van der Waals surface area contributed by atoms with Crippen LogP contribution in [0.15, 0.2) is 0 Å². The summed E-state index contributed by atoms with van der Waals surface area (Å²) in [5.74, 6) is -0.379. The molecule has 0 aliphatic heterocycles. The monoisotopic (exact) mass is 725 g/mol. The molecule has 0 fully saturated rings. The summed E-state index contributed by atoms with van der Waals surface area (Å²) in [5.41, 5.74) is 0. The fourth-order valence-corrected chi connectivity index (χ4v) is 3.49. The predicted molar refractivity (Wildman–Crippen MR) is 197 cm³/mol. The zero-order valence-corrected chi connectivity index (χ0v) is 32.9. The number of hydrogen-bond acceptors (Lipinski definition) is 11. The van der Waals surface area contributed by atoms with Gasteiger partial charge in [-0.15, -0.1) is 0 Å². The summed E-state index contributed by atoms with van der Waals surface area (Å²) < 4.78 is 38.3. The summed E-state index contributed by atoms with van der Waals surface area (Å²) in [6, 6.07) is 0. The minimum atomic E-state index is -0.706. The van der Waals surface area contributed by atoms with E-state index < -0.39 is 5.97 Å². The summed E-state index contributed by atoms with van der Waals surface area (Å²) in [5, 5.41) is 16.8. The van der Waals surface area contributed by atoms with Crippen LogP contribution >= 0.6 is 0 Å². The quantitative estimate of drug-likeness (QED) is 0.0548. The van der Waals surface area contributed by atoms with Crippen molar-refractivity contribution >= 4 is 17.7 Å². The highest BCUT2D eigenvalue weighted by atomic mass is 16.5. The number of aliphatic carboxylic acids is 1. The van der Waals surface area contributed by atoms with E-state index in [0.29, 0.717) is 105 Å². The molecule has 0 rings (SSSR count). The number of carboxylic acids is 1. The molecule has 2 N–H and O–H groups in total. The van der Waals surface area contributed by atoms with Gasteiger partial charge in [-0.3, -0.25) is 14.4 Å². The Morgan fingerprint density at radius 3 is 0.980 bits per heavy atom. The van der Waals surface area contributed by atoms with Crippen molar-refractivity contribution in [1.29, 1.82) is 0 Å². The first-order valence-electron chi connectivity index (χ1n) is 19.1. The van der Waals surface area contributed by atoms with Gasteiger partial charge >= 0.3 is 11.9 Å². The van der Waals surface area contributed by atoms with Crippen molar-refractivity contribution < 1.29 is 57.8 Å². The van der Waals surface area contributed by atoms with Gasteiger partial charge in [0.1, 0.15) is 5.78 Å². The SMILES string of the molecule is CCC(=O)C(C)CC.CCC(C)C(=O)O.CCC(C)C(=O)OCCCOCCCOCCCOCCCOCCCOCCCOCCCO. The van der Waals surface area contributed by atoms with E-state index in [0.717, 1.165) is 57.8 Å². The number of rotatable bonds is 34. The smallest absolute Gasteiger partial charge is 0.308 e. The van der Waals surface area contributed by atoms with Crippen molar-refractivity contribution in [2.75, 3.05) is 92.5 Å². The van der Waals surface area contributed by atoms with Gasteiger partial charge in [0, 0.05) is 105 Å². The molecule has 0 saturated heterocycles. The molecule has 50 heavy (non-hydrogen) atoms. The maximum atomic E-state index is 11.5. The van der Waals surface area contributed by atoms with E-state index in [2.05, 4.69) is 0 Å². The van der Waals surface area contributed by atoms with Crippen LogP contribution in [0.4, 0.5) is 0 Å². The van der Waals surface area contributed by atoms with Crippen molar-refractivity contribution in [2.24, 2.45) is 17.8 Å². The van der Waals surface area contributed by atoms with E-state index in [1.807, 2.05) is 41.5 Å². The molecular weight excluding hydrogens is 648 g/mol. The van der Waals surface area contributed by atoms with Crippen LogP contribution in [0.5, 0.6) is 0 Å². The Hall–Kier alpha value is -1.67. The minimum Gasteiger partial charge on any atom is -0.481 e. The lowest BCUT2D eigenvalue weighted by Gasteiger charge is -2.09. The average Bonchev–Trinajstić information content (AvgIpc) is 3.13. The highest BCUT2D eigenvalue weighted by Gasteiger charge is 2.11. The fraction of sp³-hybridized carbons (Fsp3) is 0.921. The molecule has 12 nitrogen and oxygen atoms in total. The summed E-state index contributed by atoms with van der Waals surface area (Å²) >= 11 is 0. The molecule has 0 saturated carbocycles. The molecule has 3 unspecified atom stereocenters. The topological polar surface area (TPSA) is 156 Å². The van der Waals surface area contributed by atoms with Crippen LogP contribution < -0.4 is 0 Å². The van der Waals surface area contributed by atoms with Crippen LogP contribution in [-0.2, 0) is 47.5 Å². The van der Waals surface area contributed by atoms with Crippen molar-refractivity contribution in [3.63, 3.8) is 0 Å². The number of carbonyl (C=O) groups is 3. The number of aliphatic hydroxyl groups excluding tert-OH is 1. The standard InChI is InChI=1S/C26H52O9.C7H14O.C5H10O2/c1-3-25(2)26(28)35-24-10-23-34-22-9-21-33-20-8-19-32-18-7-17-31-16-6-15-30-14-5-13-29-12-4-11-27;1-4-6(3)7(8)5-2;1-3-4(2)5(6)7/h25,27H,3-24H2,1-2H3;6H,4-5H2,1-3H3;4H,3H2,1-2H3,(H,6,7). The first-order chi connectivity index (χ1) is 24.1. The van der Waals surface area contributed by atoms with Gasteiger partial charge < -0.3 is 43.4 Å². The third-order valence-electron chi connectivity index (χ3n) is 7.57. The van der Waals surface area contributed by atoms with Crippen LogP contribution in [0.3, 0.4) is 0 Å². The summed E-state index contributed by atoms with van der Waals surface area (Å²) in [4.78, 5) is 32.2. The number of hydrogen-bond donors (Lipinski definition) is 2. The molecule has 3 atom stereocenters. The molecule has 0 heterocycles. The maximum absolute atomic E-state index is 11.5. The van der Waals surface area contributed by atoms with E-state index >= 15 is 0 Å². The Kier molecular flexibility index (Phi) is 45.8. The first kappa shape index (κ1) is 52.7.